The highest BCUT2D eigenvalue weighted by atomic mass is 16.5. The Bertz CT molecular complexity index is 646. The van der Waals surface area contributed by atoms with E-state index in [9.17, 15) is 14.4 Å². The average molecular weight is 348 g/mol. The van der Waals surface area contributed by atoms with Gasteiger partial charge >= 0.3 is 5.97 Å². The molecule has 2 N–H and O–H groups in total. The monoisotopic (exact) mass is 348 g/mol. The van der Waals surface area contributed by atoms with E-state index in [0.29, 0.717) is 37.4 Å². The van der Waals surface area contributed by atoms with E-state index < -0.39 is 11.9 Å². The normalized spacial score (nSPS) is 20.0. The van der Waals surface area contributed by atoms with E-state index in [4.69, 9.17) is 9.84 Å². The highest BCUT2D eigenvalue weighted by Crippen LogP contribution is 2.23. The van der Waals surface area contributed by atoms with E-state index >= 15 is 0 Å². The Morgan fingerprint density at radius 1 is 1.32 bits per heavy atom. The van der Waals surface area contributed by atoms with Gasteiger partial charge in [-0.25, -0.2) is 0 Å². The van der Waals surface area contributed by atoms with Crippen molar-refractivity contribution < 1.29 is 24.2 Å². The summed E-state index contributed by atoms with van der Waals surface area (Å²) in [6, 6.07) is 6.86. The molecule has 7 nitrogen and oxygen atoms in total. The van der Waals surface area contributed by atoms with Crippen LogP contribution in [0, 0.1) is 11.8 Å². The van der Waals surface area contributed by atoms with Crippen LogP contribution in [-0.2, 0) is 9.59 Å². The zero-order valence-corrected chi connectivity index (χ0v) is 14.5. The number of carboxylic acids is 1. The number of amides is 2. The molecule has 0 spiro atoms. The number of piperidine rings is 1. The van der Waals surface area contributed by atoms with Gasteiger partial charge in [0, 0.05) is 13.1 Å². The average Bonchev–Trinajstić information content (AvgIpc) is 2.59. The van der Waals surface area contributed by atoms with Gasteiger partial charge in [-0.05, 0) is 31.4 Å². The number of carboxylic acid groups (broad SMARTS) is 1. The Labute approximate surface area is 147 Å². The number of hydrogen-bond donors (Lipinski definition) is 2. The number of aliphatic carboxylic acids is 1. The van der Waals surface area contributed by atoms with Crippen LogP contribution in [0.1, 0.15) is 30.6 Å². The summed E-state index contributed by atoms with van der Waals surface area (Å²) in [7, 11) is 0. The maximum atomic E-state index is 12.3. The smallest absolute Gasteiger partial charge is 0.306 e. The molecule has 2 rings (SSSR count). The molecule has 1 aromatic rings. The molecule has 1 heterocycles. The Morgan fingerprint density at radius 2 is 2.04 bits per heavy atom. The lowest BCUT2D eigenvalue weighted by Crippen LogP contribution is -2.48. The summed E-state index contributed by atoms with van der Waals surface area (Å²) < 4.78 is 5.42. The number of ether oxygens (including phenoxy) is 1. The Balaban J connectivity index is 1.90. The highest BCUT2D eigenvalue weighted by molar-refractivity contribution is 5.98. The summed E-state index contributed by atoms with van der Waals surface area (Å²) in [6.45, 7) is 4.77. The Morgan fingerprint density at radius 3 is 2.68 bits per heavy atom. The lowest BCUT2D eigenvalue weighted by molar-refractivity contribution is -0.148. The molecule has 2 unspecified atom stereocenters. The van der Waals surface area contributed by atoms with Crippen molar-refractivity contribution in [2.24, 2.45) is 11.8 Å². The molecule has 0 aromatic heterocycles. The lowest BCUT2D eigenvalue weighted by Gasteiger charge is -2.35. The molecule has 136 valence electrons. The van der Waals surface area contributed by atoms with Crippen LogP contribution in [0.2, 0.25) is 0 Å². The fourth-order valence-electron chi connectivity index (χ4n) is 3.04. The molecule has 1 aliphatic rings. The predicted molar refractivity (Wildman–Crippen MR) is 91.4 cm³/mol. The summed E-state index contributed by atoms with van der Waals surface area (Å²) >= 11 is 0. The number of para-hydroxylation sites is 1. The summed E-state index contributed by atoms with van der Waals surface area (Å²) in [6.07, 6.45) is 0.434. The molecule has 2 amide bonds. The van der Waals surface area contributed by atoms with Crippen LogP contribution < -0.4 is 10.1 Å². The molecule has 2 atom stereocenters. The third-order valence-electron chi connectivity index (χ3n) is 4.41. The predicted octanol–water partition coefficient (Wildman–Crippen LogP) is 1.38. The van der Waals surface area contributed by atoms with Crippen LogP contribution in [0.15, 0.2) is 24.3 Å². The van der Waals surface area contributed by atoms with Gasteiger partial charge in [-0.15, -0.1) is 0 Å². The summed E-state index contributed by atoms with van der Waals surface area (Å²) in [5.74, 6) is -1.45. The zero-order valence-electron chi connectivity index (χ0n) is 14.5. The molecule has 1 saturated heterocycles. The van der Waals surface area contributed by atoms with Gasteiger partial charge in [0.15, 0.2) is 0 Å². The first kappa shape index (κ1) is 18.8. The van der Waals surface area contributed by atoms with Crippen molar-refractivity contribution in [2.75, 3.05) is 26.2 Å². The van der Waals surface area contributed by atoms with Crippen LogP contribution in [0.3, 0.4) is 0 Å². The largest absolute Gasteiger partial charge is 0.493 e. The fraction of sp³-hybridized carbons (Fsp3) is 0.500. The fourth-order valence-corrected chi connectivity index (χ4v) is 3.04. The van der Waals surface area contributed by atoms with Gasteiger partial charge in [0.25, 0.3) is 5.91 Å². The van der Waals surface area contributed by atoms with Crippen molar-refractivity contribution in [1.82, 2.24) is 10.2 Å². The number of hydrogen-bond acceptors (Lipinski definition) is 4. The molecule has 1 aromatic carbocycles. The van der Waals surface area contributed by atoms with Gasteiger partial charge in [0.2, 0.25) is 5.91 Å². The summed E-state index contributed by atoms with van der Waals surface area (Å²) in [5.41, 5.74) is 0.384. The molecule has 1 aliphatic heterocycles. The van der Waals surface area contributed by atoms with Gasteiger partial charge in [-0.1, -0.05) is 19.1 Å². The van der Waals surface area contributed by atoms with Crippen molar-refractivity contribution in [3.63, 3.8) is 0 Å². The van der Waals surface area contributed by atoms with Crippen molar-refractivity contribution >= 4 is 17.8 Å². The van der Waals surface area contributed by atoms with Gasteiger partial charge < -0.3 is 20.1 Å². The van der Waals surface area contributed by atoms with E-state index in [0.717, 1.165) is 0 Å². The number of carbonyl (C=O) groups is 3. The second-order valence-electron chi connectivity index (χ2n) is 6.16. The topological polar surface area (TPSA) is 95.9 Å². The molecule has 25 heavy (non-hydrogen) atoms. The number of rotatable bonds is 6. The number of likely N-dealkylation sites (tertiary alicyclic amines) is 1. The number of benzene rings is 1. The van der Waals surface area contributed by atoms with Gasteiger partial charge in [0.05, 0.1) is 24.6 Å². The van der Waals surface area contributed by atoms with Crippen LogP contribution >= 0.6 is 0 Å². The number of nitrogens with one attached hydrogen (secondary N) is 1. The van der Waals surface area contributed by atoms with Gasteiger partial charge in [0.1, 0.15) is 5.75 Å². The van der Waals surface area contributed by atoms with Crippen molar-refractivity contribution in [2.45, 2.75) is 20.3 Å². The minimum Gasteiger partial charge on any atom is -0.493 e. The highest BCUT2D eigenvalue weighted by Gasteiger charge is 2.32. The number of nitrogens with zero attached hydrogens (tertiary/aromatic N) is 1. The molecule has 0 aliphatic carbocycles. The van der Waals surface area contributed by atoms with E-state index in [1.165, 1.54) is 0 Å². The molecular formula is C18H24N2O5. The van der Waals surface area contributed by atoms with Crippen molar-refractivity contribution in [1.29, 1.82) is 0 Å². The number of carbonyl (C=O) groups excluding carboxylic acids is 2. The molecule has 0 bridgehead atoms. The molecule has 0 saturated carbocycles. The van der Waals surface area contributed by atoms with Crippen LogP contribution in [-0.4, -0.2) is 54.0 Å². The maximum Gasteiger partial charge on any atom is 0.306 e. The van der Waals surface area contributed by atoms with E-state index in [1.54, 1.807) is 29.2 Å². The second kappa shape index (κ2) is 8.50. The Hall–Kier alpha value is -2.57. The second-order valence-corrected chi connectivity index (χ2v) is 6.16. The summed E-state index contributed by atoms with van der Waals surface area (Å²) in [5, 5.41) is 11.8. The Kier molecular flexibility index (Phi) is 6.38. The first-order valence-electron chi connectivity index (χ1n) is 8.44. The van der Waals surface area contributed by atoms with Crippen LogP contribution in [0.5, 0.6) is 5.75 Å². The standard InChI is InChI=1S/C18H24N2O5/c1-3-25-15-7-5-4-6-14(15)17(22)19-10-16(21)20-9-8-13(18(23)24)12(2)11-20/h4-7,12-13H,3,8-11H2,1-2H3,(H,19,22)(H,23,24). The minimum absolute atomic E-state index is 0.107. The zero-order chi connectivity index (χ0) is 18.4. The first-order valence-corrected chi connectivity index (χ1v) is 8.44. The third kappa shape index (κ3) is 4.71. The summed E-state index contributed by atoms with van der Waals surface area (Å²) in [4.78, 5) is 37.3. The first-order chi connectivity index (χ1) is 11.9. The minimum atomic E-state index is -0.819. The quantitative estimate of drug-likeness (QED) is 0.810. The third-order valence-corrected chi connectivity index (χ3v) is 4.41. The van der Waals surface area contributed by atoms with Crippen LogP contribution in [0.4, 0.5) is 0 Å². The van der Waals surface area contributed by atoms with E-state index in [-0.39, 0.29) is 24.3 Å². The molecular weight excluding hydrogens is 324 g/mol. The maximum absolute atomic E-state index is 12.3. The lowest BCUT2D eigenvalue weighted by atomic mass is 9.87. The van der Waals surface area contributed by atoms with Crippen LogP contribution in [0.25, 0.3) is 0 Å². The van der Waals surface area contributed by atoms with Crippen molar-refractivity contribution in [3.8, 4) is 5.75 Å². The molecule has 0 radical (unpaired) electrons. The van der Waals surface area contributed by atoms with Crippen molar-refractivity contribution in [3.05, 3.63) is 29.8 Å². The van der Waals surface area contributed by atoms with Gasteiger partial charge in [-0.2, -0.15) is 0 Å². The van der Waals surface area contributed by atoms with E-state index in [1.807, 2.05) is 13.8 Å². The van der Waals surface area contributed by atoms with Gasteiger partial charge in [-0.3, -0.25) is 14.4 Å². The van der Waals surface area contributed by atoms with E-state index in [2.05, 4.69) is 5.32 Å². The molecule has 1 fully saturated rings. The molecule has 7 heteroatoms. The SMILES string of the molecule is CCOc1ccccc1C(=O)NCC(=O)N1CCC(C(=O)O)C(C)C1.